The highest BCUT2D eigenvalue weighted by atomic mass is 15.1. The molecule has 0 aromatic rings. The van der Waals surface area contributed by atoms with Crippen molar-refractivity contribution in [2.75, 3.05) is 13.6 Å². The van der Waals surface area contributed by atoms with Gasteiger partial charge in [0.05, 0.1) is 0 Å². The SMILES string of the molecule is CCC(C)CN(C)C1CC(C(C)(C)CC)CCC1N. The molecule has 2 heteroatoms. The zero-order valence-electron chi connectivity index (χ0n) is 14.1. The molecule has 2 nitrogen and oxygen atoms in total. The summed E-state index contributed by atoms with van der Waals surface area (Å²) in [4.78, 5) is 2.54. The Morgan fingerprint density at radius 3 is 2.42 bits per heavy atom. The van der Waals surface area contributed by atoms with Crippen molar-refractivity contribution in [1.82, 2.24) is 4.90 Å². The number of likely N-dealkylation sites (N-methyl/N-ethyl adjacent to an activating group) is 1. The van der Waals surface area contributed by atoms with Crippen molar-refractivity contribution in [3.63, 3.8) is 0 Å². The van der Waals surface area contributed by atoms with Crippen molar-refractivity contribution in [3.8, 4) is 0 Å². The maximum absolute atomic E-state index is 6.40. The average molecular weight is 268 g/mol. The quantitative estimate of drug-likeness (QED) is 0.791. The van der Waals surface area contributed by atoms with Crippen molar-refractivity contribution in [2.24, 2.45) is 23.0 Å². The summed E-state index contributed by atoms with van der Waals surface area (Å²) in [5.74, 6) is 1.61. The average Bonchev–Trinajstić information content (AvgIpc) is 2.38. The first-order valence-electron chi connectivity index (χ1n) is 8.27. The van der Waals surface area contributed by atoms with Gasteiger partial charge in [-0.3, -0.25) is 0 Å². The summed E-state index contributed by atoms with van der Waals surface area (Å²) in [6, 6.07) is 0.955. The number of nitrogens with two attached hydrogens (primary N) is 1. The second-order valence-electron chi connectivity index (χ2n) is 7.54. The zero-order chi connectivity index (χ0) is 14.6. The Labute approximate surface area is 121 Å². The van der Waals surface area contributed by atoms with Crippen LogP contribution in [-0.4, -0.2) is 30.6 Å². The first-order valence-corrected chi connectivity index (χ1v) is 8.27. The Morgan fingerprint density at radius 2 is 1.89 bits per heavy atom. The highest BCUT2D eigenvalue weighted by Crippen LogP contribution is 2.41. The third kappa shape index (κ3) is 4.46. The maximum atomic E-state index is 6.40. The summed E-state index contributed by atoms with van der Waals surface area (Å²) in [6.45, 7) is 13.0. The van der Waals surface area contributed by atoms with Gasteiger partial charge >= 0.3 is 0 Å². The lowest BCUT2D eigenvalue weighted by Gasteiger charge is -2.45. The predicted molar refractivity (Wildman–Crippen MR) is 85.3 cm³/mol. The minimum atomic E-state index is 0.373. The number of hydrogen-bond donors (Lipinski definition) is 1. The van der Waals surface area contributed by atoms with Crippen LogP contribution in [0.1, 0.15) is 66.7 Å². The smallest absolute Gasteiger partial charge is 0.0247 e. The van der Waals surface area contributed by atoms with E-state index in [1.165, 1.54) is 38.6 Å². The van der Waals surface area contributed by atoms with E-state index >= 15 is 0 Å². The van der Waals surface area contributed by atoms with Gasteiger partial charge in [-0.15, -0.1) is 0 Å². The third-order valence-electron chi connectivity index (χ3n) is 5.75. The van der Waals surface area contributed by atoms with Crippen LogP contribution in [0.3, 0.4) is 0 Å². The van der Waals surface area contributed by atoms with Crippen molar-refractivity contribution in [3.05, 3.63) is 0 Å². The highest BCUT2D eigenvalue weighted by molar-refractivity contribution is 4.93. The molecule has 0 radical (unpaired) electrons. The fraction of sp³-hybridized carbons (Fsp3) is 1.00. The van der Waals surface area contributed by atoms with Gasteiger partial charge in [0.1, 0.15) is 0 Å². The van der Waals surface area contributed by atoms with Crippen LogP contribution in [0.2, 0.25) is 0 Å². The van der Waals surface area contributed by atoms with E-state index in [4.69, 9.17) is 5.73 Å². The first kappa shape index (κ1) is 17.0. The van der Waals surface area contributed by atoms with Crippen LogP contribution < -0.4 is 5.73 Å². The van der Waals surface area contributed by atoms with E-state index in [9.17, 15) is 0 Å². The summed E-state index contributed by atoms with van der Waals surface area (Å²) in [6.07, 6.45) is 6.33. The van der Waals surface area contributed by atoms with Crippen molar-refractivity contribution < 1.29 is 0 Å². The molecule has 0 aliphatic heterocycles. The normalized spacial score (nSPS) is 30.6. The van der Waals surface area contributed by atoms with E-state index in [1.807, 2.05) is 0 Å². The van der Waals surface area contributed by atoms with Crippen LogP contribution in [0.25, 0.3) is 0 Å². The van der Waals surface area contributed by atoms with E-state index in [-0.39, 0.29) is 0 Å². The van der Waals surface area contributed by atoms with Crippen LogP contribution >= 0.6 is 0 Å². The molecule has 0 amide bonds. The highest BCUT2D eigenvalue weighted by Gasteiger charge is 2.37. The fourth-order valence-corrected chi connectivity index (χ4v) is 3.43. The van der Waals surface area contributed by atoms with Crippen LogP contribution in [0.15, 0.2) is 0 Å². The second kappa shape index (κ2) is 7.08. The van der Waals surface area contributed by atoms with Crippen LogP contribution in [0, 0.1) is 17.3 Å². The van der Waals surface area contributed by atoms with Crippen LogP contribution in [-0.2, 0) is 0 Å². The second-order valence-corrected chi connectivity index (χ2v) is 7.54. The summed E-state index contributed by atoms with van der Waals surface area (Å²) < 4.78 is 0. The van der Waals surface area contributed by atoms with Gasteiger partial charge in [0.15, 0.2) is 0 Å². The Kier molecular flexibility index (Phi) is 6.32. The summed E-state index contributed by atoms with van der Waals surface area (Å²) in [5.41, 5.74) is 6.87. The molecule has 0 aromatic heterocycles. The molecule has 4 unspecified atom stereocenters. The monoisotopic (exact) mass is 268 g/mol. The lowest BCUT2D eigenvalue weighted by Crippen LogP contribution is -2.52. The van der Waals surface area contributed by atoms with Crippen molar-refractivity contribution in [1.29, 1.82) is 0 Å². The topological polar surface area (TPSA) is 29.3 Å². The lowest BCUT2D eigenvalue weighted by molar-refractivity contribution is 0.0665. The summed E-state index contributed by atoms with van der Waals surface area (Å²) in [7, 11) is 2.28. The maximum Gasteiger partial charge on any atom is 0.0247 e. The Bertz CT molecular complexity index is 262. The number of hydrogen-bond acceptors (Lipinski definition) is 2. The molecule has 1 rings (SSSR count). The molecular formula is C17H36N2. The molecule has 1 saturated carbocycles. The molecule has 4 atom stereocenters. The minimum Gasteiger partial charge on any atom is -0.326 e. The van der Waals surface area contributed by atoms with Crippen LogP contribution in [0.5, 0.6) is 0 Å². The van der Waals surface area contributed by atoms with E-state index in [1.54, 1.807) is 0 Å². The Hall–Kier alpha value is -0.0800. The molecule has 1 aliphatic rings. The van der Waals surface area contributed by atoms with Gasteiger partial charge < -0.3 is 10.6 Å². The van der Waals surface area contributed by atoms with E-state index < -0.39 is 0 Å². The summed E-state index contributed by atoms with van der Waals surface area (Å²) in [5, 5.41) is 0. The molecule has 0 heterocycles. The predicted octanol–water partition coefficient (Wildman–Crippen LogP) is 3.90. The van der Waals surface area contributed by atoms with Gasteiger partial charge in [-0.25, -0.2) is 0 Å². The van der Waals surface area contributed by atoms with Gasteiger partial charge in [-0.1, -0.05) is 47.5 Å². The lowest BCUT2D eigenvalue weighted by atomic mass is 9.67. The van der Waals surface area contributed by atoms with Gasteiger partial charge in [-0.2, -0.15) is 0 Å². The molecule has 114 valence electrons. The molecule has 0 saturated heterocycles. The zero-order valence-corrected chi connectivity index (χ0v) is 14.1. The minimum absolute atomic E-state index is 0.373. The van der Waals surface area contributed by atoms with Gasteiger partial charge in [0.2, 0.25) is 0 Å². The number of nitrogens with zero attached hydrogens (tertiary/aromatic N) is 1. The van der Waals surface area contributed by atoms with Gasteiger partial charge in [0, 0.05) is 18.6 Å². The Morgan fingerprint density at radius 1 is 1.26 bits per heavy atom. The first-order chi connectivity index (χ1) is 8.81. The molecule has 1 fully saturated rings. The molecular weight excluding hydrogens is 232 g/mol. The molecule has 0 bridgehead atoms. The van der Waals surface area contributed by atoms with E-state index in [0.717, 1.165) is 11.8 Å². The molecule has 0 aromatic carbocycles. The largest absolute Gasteiger partial charge is 0.326 e. The fourth-order valence-electron chi connectivity index (χ4n) is 3.43. The Balaban J connectivity index is 2.65. The van der Waals surface area contributed by atoms with E-state index in [0.29, 0.717) is 17.5 Å². The number of rotatable bonds is 6. The molecule has 1 aliphatic carbocycles. The molecule has 19 heavy (non-hydrogen) atoms. The molecule has 2 N–H and O–H groups in total. The van der Waals surface area contributed by atoms with E-state index in [2.05, 4.69) is 46.6 Å². The summed E-state index contributed by atoms with van der Waals surface area (Å²) >= 11 is 0. The van der Waals surface area contributed by atoms with Crippen molar-refractivity contribution in [2.45, 2.75) is 78.8 Å². The van der Waals surface area contributed by atoms with Gasteiger partial charge in [0.25, 0.3) is 0 Å². The standard InChI is InChI=1S/C17H36N2/c1-7-13(3)12-19(6)16-11-14(9-10-15(16)18)17(4,5)8-2/h13-16H,7-12,18H2,1-6H3. The van der Waals surface area contributed by atoms with Crippen LogP contribution in [0.4, 0.5) is 0 Å². The van der Waals surface area contributed by atoms with Crippen molar-refractivity contribution >= 4 is 0 Å². The third-order valence-corrected chi connectivity index (χ3v) is 5.75. The van der Waals surface area contributed by atoms with Gasteiger partial charge in [-0.05, 0) is 43.6 Å². The molecule has 0 spiro atoms.